The fourth-order valence-electron chi connectivity index (χ4n) is 3.08. The molecule has 0 aromatic carbocycles. The summed E-state index contributed by atoms with van der Waals surface area (Å²) in [4.78, 5) is 0. The van der Waals surface area contributed by atoms with Crippen LogP contribution in [0.2, 0.25) is 0 Å². The molecule has 1 fully saturated rings. The van der Waals surface area contributed by atoms with Crippen molar-refractivity contribution < 1.29 is 24.6 Å². The molecule has 4 N–H and O–H groups in total. The number of hydrogen-bond donors (Lipinski definition) is 4. The molecule has 0 aromatic rings. The Morgan fingerprint density at radius 3 is 2.50 bits per heavy atom. The number of thioether (sulfide) groups is 1. The molecule has 8 atom stereocenters. The second-order valence-corrected chi connectivity index (χ2v) is 11.3. The minimum absolute atomic E-state index is 0.0616. The summed E-state index contributed by atoms with van der Waals surface area (Å²) in [5.41, 5.74) is -0.610. The molecular weight excluding hydrogens is 374 g/mol. The van der Waals surface area contributed by atoms with Crippen molar-refractivity contribution in [3.05, 3.63) is 12.2 Å². The van der Waals surface area contributed by atoms with Gasteiger partial charge in [0.15, 0.2) is 0 Å². The first-order valence-corrected chi connectivity index (χ1v) is 11.5. The van der Waals surface area contributed by atoms with Gasteiger partial charge in [0.2, 0.25) is 0 Å². The minimum Gasteiger partial charge on any atom is -0.598 e. The van der Waals surface area contributed by atoms with Crippen molar-refractivity contribution in [3.63, 3.8) is 0 Å². The molecule has 2 rings (SSSR count). The van der Waals surface area contributed by atoms with E-state index in [1.54, 1.807) is 0 Å². The third-order valence-corrected chi connectivity index (χ3v) is 7.65. The van der Waals surface area contributed by atoms with E-state index in [0.29, 0.717) is 0 Å². The molecule has 2 heterocycles. The average Bonchev–Trinajstić information content (AvgIpc) is 2.56. The van der Waals surface area contributed by atoms with Gasteiger partial charge in [-0.15, -0.1) is 16.5 Å². The molecule has 152 valence electrons. The maximum atomic E-state index is 12.7. The summed E-state index contributed by atoms with van der Waals surface area (Å²) in [5, 5.41) is 31.2. The van der Waals surface area contributed by atoms with E-state index in [2.05, 4.69) is 16.9 Å². The van der Waals surface area contributed by atoms with Crippen molar-refractivity contribution in [3.8, 4) is 0 Å². The summed E-state index contributed by atoms with van der Waals surface area (Å²) >= 11 is 0.104. The molecule has 1 saturated heterocycles. The van der Waals surface area contributed by atoms with Gasteiger partial charge in [-0.1, -0.05) is 19.1 Å². The number of nitrogens with one attached hydrogen (secondary N) is 1. The lowest BCUT2D eigenvalue weighted by molar-refractivity contribution is -0.205. The van der Waals surface area contributed by atoms with Gasteiger partial charge < -0.3 is 24.6 Å². The largest absolute Gasteiger partial charge is 0.598 e. The molecule has 0 aliphatic carbocycles. The Hall–Kier alpha value is 0.200. The third-order valence-electron chi connectivity index (χ3n) is 4.81. The van der Waals surface area contributed by atoms with Crippen LogP contribution in [0.4, 0.5) is 0 Å². The maximum Gasteiger partial charge on any atom is 0.136 e. The van der Waals surface area contributed by atoms with Crippen LogP contribution in [0.15, 0.2) is 12.2 Å². The predicted octanol–water partition coefficient (Wildman–Crippen LogP) is 1.32. The van der Waals surface area contributed by atoms with Crippen LogP contribution in [0.1, 0.15) is 47.0 Å². The van der Waals surface area contributed by atoms with Gasteiger partial charge >= 0.3 is 0 Å². The lowest BCUT2D eigenvalue weighted by atomic mass is 9.88. The normalized spacial score (nSPS) is 42.4. The average molecular weight is 408 g/mol. The van der Waals surface area contributed by atoms with Gasteiger partial charge in [-0.2, -0.15) is 0 Å². The van der Waals surface area contributed by atoms with E-state index in [1.807, 2.05) is 27.7 Å². The second kappa shape index (κ2) is 9.60. The smallest absolute Gasteiger partial charge is 0.136 e. The summed E-state index contributed by atoms with van der Waals surface area (Å²) in [6.45, 7) is 7.61. The van der Waals surface area contributed by atoms with Crippen LogP contribution < -0.4 is 4.72 Å². The van der Waals surface area contributed by atoms with Crippen LogP contribution in [0.3, 0.4) is 0 Å². The van der Waals surface area contributed by atoms with Gasteiger partial charge in [-0.3, -0.25) is 0 Å². The van der Waals surface area contributed by atoms with E-state index in [1.165, 1.54) is 11.8 Å². The molecule has 0 spiro atoms. The highest BCUT2D eigenvalue weighted by Crippen LogP contribution is 2.33. The highest BCUT2D eigenvalue weighted by molar-refractivity contribution is 7.99. The van der Waals surface area contributed by atoms with Crippen LogP contribution in [0.25, 0.3) is 0 Å². The maximum absolute atomic E-state index is 12.7. The number of rotatable bonds is 2. The van der Waals surface area contributed by atoms with Gasteiger partial charge in [-0.05, 0) is 51.7 Å². The first kappa shape index (κ1) is 22.5. The number of hydrogen-bond acceptors (Lipinski definition) is 7. The van der Waals surface area contributed by atoms with E-state index in [0.717, 1.165) is 25.0 Å². The van der Waals surface area contributed by atoms with Crippen molar-refractivity contribution in [2.24, 2.45) is 5.92 Å². The molecule has 2 aliphatic rings. The van der Waals surface area contributed by atoms with E-state index in [-0.39, 0.29) is 5.92 Å². The zero-order valence-corrected chi connectivity index (χ0v) is 17.6. The Morgan fingerprint density at radius 2 is 1.85 bits per heavy atom. The second-order valence-electron chi connectivity index (χ2n) is 8.12. The molecule has 2 aliphatic heterocycles. The predicted molar refractivity (Wildman–Crippen MR) is 106 cm³/mol. The van der Waals surface area contributed by atoms with Gasteiger partial charge in [-0.25, -0.2) is 0 Å². The fourth-order valence-corrected chi connectivity index (χ4v) is 5.19. The van der Waals surface area contributed by atoms with E-state index in [4.69, 9.17) is 4.74 Å². The lowest BCUT2D eigenvalue weighted by Crippen LogP contribution is -2.64. The molecule has 0 amide bonds. The summed E-state index contributed by atoms with van der Waals surface area (Å²) < 4.78 is 21.4. The van der Waals surface area contributed by atoms with Gasteiger partial charge in [0.1, 0.15) is 34.6 Å². The lowest BCUT2D eigenvalue weighted by Gasteiger charge is -2.45. The van der Waals surface area contributed by atoms with Crippen molar-refractivity contribution >= 4 is 23.1 Å². The van der Waals surface area contributed by atoms with Gasteiger partial charge in [0.25, 0.3) is 0 Å². The summed E-state index contributed by atoms with van der Waals surface area (Å²) in [7, 11) is 0. The van der Waals surface area contributed by atoms with Gasteiger partial charge in [0, 0.05) is 11.4 Å². The first-order chi connectivity index (χ1) is 12.1. The van der Waals surface area contributed by atoms with E-state index in [9.17, 15) is 19.9 Å². The molecule has 0 radical (unpaired) electrons. The van der Waals surface area contributed by atoms with Crippen LogP contribution in [-0.4, -0.2) is 66.3 Å². The van der Waals surface area contributed by atoms with E-state index < -0.39 is 52.0 Å². The number of allylic oxidation sites excluding steroid dienone is 1. The van der Waals surface area contributed by atoms with Crippen LogP contribution >= 0.6 is 11.8 Å². The summed E-state index contributed by atoms with van der Waals surface area (Å²) in [5.74, 6) is 0.751. The molecular formula is C18H33NO5S2. The van der Waals surface area contributed by atoms with Gasteiger partial charge in [0.05, 0.1) is 6.04 Å². The SMILES string of the molecule is C[C@H]1/C=C/CCCCSC2OC(C(O)C(O)C2O)[C@@H]1N[S+]([O-])C(C)(C)C. The molecule has 8 heteroatoms. The highest BCUT2D eigenvalue weighted by Gasteiger charge is 2.49. The Morgan fingerprint density at radius 1 is 1.15 bits per heavy atom. The van der Waals surface area contributed by atoms with Crippen molar-refractivity contribution in [1.29, 1.82) is 0 Å². The summed E-state index contributed by atoms with van der Waals surface area (Å²) in [6, 6.07) is -0.453. The van der Waals surface area contributed by atoms with Crippen LogP contribution in [-0.2, 0) is 16.1 Å². The minimum atomic E-state index is -1.36. The topological polar surface area (TPSA) is 105 Å². The molecule has 6 unspecified atom stereocenters. The molecule has 2 bridgehead atoms. The number of fused-ring (bicyclic) bond motifs is 2. The molecule has 6 nitrogen and oxygen atoms in total. The Kier molecular flexibility index (Phi) is 8.31. The van der Waals surface area contributed by atoms with Crippen LogP contribution in [0, 0.1) is 5.92 Å². The molecule has 26 heavy (non-hydrogen) atoms. The fraction of sp³-hybridized carbons (Fsp3) is 0.889. The first-order valence-electron chi connectivity index (χ1n) is 9.29. The Balaban J connectivity index is 2.30. The van der Waals surface area contributed by atoms with E-state index >= 15 is 0 Å². The summed E-state index contributed by atoms with van der Waals surface area (Å²) in [6.07, 6.45) is 2.70. The molecule has 0 aromatic heterocycles. The Bertz CT molecular complexity index is 473. The monoisotopic (exact) mass is 407 g/mol. The van der Waals surface area contributed by atoms with Crippen LogP contribution in [0.5, 0.6) is 0 Å². The zero-order valence-electron chi connectivity index (χ0n) is 16.0. The Labute approximate surface area is 164 Å². The van der Waals surface area contributed by atoms with Crippen molar-refractivity contribution in [2.45, 2.75) is 87.6 Å². The highest BCUT2D eigenvalue weighted by atomic mass is 32.2. The number of ether oxygens (including phenoxy) is 1. The number of aliphatic hydroxyl groups is 3. The molecule has 0 saturated carbocycles. The van der Waals surface area contributed by atoms with Crippen molar-refractivity contribution in [1.82, 2.24) is 4.72 Å². The zero-order chi connectivity index (χ0) is 19.5. The standard InChI is InChI=1S/C18H33NO5S2/c1-11-9-7-5-6-8-10-25-17-15(22)13(20)14(21)16(24-17)12(11)19-26(23)18(2,3)4/h7,9,11-17,19-22H,5-6,8,10H2,1-4H3/b9-7+/t11-,12+,13?,14?,15?,16?,17?,26?/m0/s1. The number of aliphatic hydroxyl groups excluding tert-OH is 3. The third kappa shape index (κ3) is 5.61. The quantitative estimate of drug-likeness (QED) is 0.404. The van der Waals surface area contributed by atoms with Crippen molar-refractivity contribution in [2.75, 3.05) is 5.75 Å².